The smallest absolute Gasteiger partial charge is 0.237 e. The number of thioether (sulfide) groups is 1. The number of halogens is 2. The van der Waals surface area contributed by atoms with E-state index in [0.29, 0.717) is 15.7 Å². The number of pyridine rings is 1. The second-order valence-electron chi connectivity index (χ2n) is 4.04. The highest BCUT2D eigenvalue weighted by Gasteiger charge is 2.16. The lowest BCUT2D eigenvalue weighted by atomic mass is 10.3. The van der Waals surface area contributed by atoms with E-state index in [9.17, 15) is 4.79 Å². The van der Waals surface area contributed by atoms with Crippen molar-refractivity contribution in [3.8, 4) is 0 Å². The van der Waals surface area contributed by atoms with Crippen molar-refractivity contribution >= 4 is 46.6 Å². The molecule has 3 nitrogen and oxygen atoms in total. The number of hydrogen-bond acceptors (Lipinski definition) is 3. The first kappa shape index (κ1) is 15.2. The Hall–Kier alpha value is -1.23. The minimum absolute atomic E-state index is 0.134. The molecule has 1 N–H and O–H groups in total. The van der Waals surface area contributed by atoms with Gasteiger partial charge in [-0.3, -0.25) is 4.79 Å². The number of amides is 1. The topological polar surface area (TPSA) is 42.0 Å². The molecule has 0 radical (unpaired) electrons. The lowest BCUT2D eigenvalue weighted by Gasteiger charge is -2.12. The van der Waals surface area contributed by atoms with Crippen molar-refractivity contribution in [3.05, 3.63) is 52.6 Å². The first-order chi connectivity index (χ1) is 9.56. The summed E-state index contributed by atoms with van der Waals surface area (Å²) in [6.45, 7) is 1.82. The van der Waals surface area contributed by atoms with Crippen LogP contribution in [0.15, 0.2) is 47.6 Å². The van der Waals surface area contributed by atoms with Crippen molar-refractivity contribution in [2.24, 2.45) is 0 Å². The van der Waals surface area contributed by atoms with E-state index in [4.69, 9.17) is 23.2 Å². The molecule has 0 aliphatic heterocycles. The fourth-order valence-corrected chi connectivity index (χ4v) is 2.74. The molecule has 104 valence electrons. The zero-order valence-corrected chi connectivity index (χ0v) is 13.0. The molecule has 0 spiro atoms. The van der Waals surface area contributed by atoms with Crippen molar-refractivity contribution < 1.29 is 4.79 Å². The number of rotatable bonds is 4. The molecule has 0 saturated carbocycles. The number of nitrogens with zero attached hydrogens (tertiary/aromatic N) is 1. The van der Waals surface area contributed by atoms with Crippen molar-refractivity contribution in [1.29, 1.82) is 0 Å². The van der Waals surface area contributed by atoms with Crippen molar-refractivity contribution in [2.45, 2.75) is 17.2 Å². The highest BCUT2D eigenvalue weighted by atomic mass is 35.5. The average Bonchev–Trinajstić information content (AvgIpc) is 2.43. The Bertz CT molecular complexity index is 607. The SMILES string of the molecule is CC(Sc1ccccn1)C(=O)Nc1ccc(Cl)cc1Cl. The lowest BCUT2D eigenvalue weighted by Crippen LogP contribution is -2.22. The van der Waals surface area contributed by atoms with E-state index in [1.165, 1.54) is 11.8 Å². The highest BCUT2D eigenvalue weighted by molar-refractivity contribution is 8.00. The summed E-state index contributed by atoms with van der Waals surface area (Å²) in [6.07, 6.45) is 1.70. The molecule has 1 aromatic heterocycles. The quantitative estimate of drug-likeness (QED) is 0.840. The van der Waals surface area contributed by atoms with E-state index >= 15 is 0 Å². The summed E-state index contributed by atoms with van der Waals surface area (Å²) < 4.78 is 0. The lowest BCUT2D eigenvalue weighted by molar-refractivity contribution is -0.115. The van der Waals surface area contributed by atoms with Crippen LogP contribution in [-0.2, 0) is 4.79 Å². The second kappa shape index (κ2) is 6.97. The Morgan fingerprint density at radius 3 is 2.75 bits per heavy atom. The van der Waals surface area contributed by atoms with Gasteiger partial charge in [0.05, 0.1) is 21.0 Å². The minimum atomic E-state index is -0.281. The van der Waals surface area contributed by atoms with E-state index < -0.39 is 0 Å². The Balaban J connectivity index is 2.01. The molecule has 0 saturated heterocycles. The summed E-state index contributed by atoms with van der Waals surface area (Å²) in [5.74, 6) is -0.134. The van der Waals surface area contributed by atoms with E-state index in [1.54, 1.807) is 24.4 Å². The largest absolute Gasteiger partial charge is 0.324 e. The number of anilines is 1. The Kier molecular flexibility index (Phi) is 5.29. The van der Waals surface area contributed by atoms with Gasteiger partial charge in [-0.1, -0.05) is 41.0 Å². The first-order valence-corrected chi connectivity index (χ1v) is 7.53. The Morgan fingerprint density at radius 1 is 1.30 bits per heavy atom. The number of carbonyl (C=O) groups is 1. The fourth-order valence-electron chi connectivity index (χ4n) is 1.48. The van der Waals surface area contributed by atoms with E-state index in [-0.39, 0.29) is 11.2 Å². The summed E-state index contributed by atoms with van der Waals surface area (Å²) in [7, 11) is 0. The summed E-state index contributed by atoms with van der Waals surface area (Å²) >= 11 is 13.2. The molecule has 0 aliphatic carbocycles. The maximum Gasteiger partial charge on any atom is 0.237 e. The number of nitrogens with one attached hydrogen (secondary N) is 1. The minimum Gasteiger partial charge on any atom is -0.324 e. The van der Waals surface area contributed by atoms with Gasteiger partial charge in [-0.15, -0.1) is 0 Å². The van der Waals surface area contributed by atoms with Crippen LogP contribution >= 0.6 is 35.0 Å². The molecule has 6 heteroatoms. The third-order valence-electron chi connectivity index (χ3n) is 2.49. The van der Waals surface area contributed by atoms with Crippen LogP contribution in [-0.4, -0.2) is 16.1 Å². The fraction of sp³-hybridized carbons (Fsp3) is 0.143. The van der Waals surface area contributed by atoms with E-state index in [2.05, 4.69) is 10.3 Å². The highest BCUT2D eigenvalue weighted by Crippen LogP contribution is 2.27. The number of benzene rings is 1. The van der Waals surface area contributed by atoms with Gasteiger partial charge in [0.2, 0.25) is 5.91 Å². The number of hydrogen-bond donors (Lipinski definition) is 1. The van der Waals surface area contributed by atoms with Gasteiger partial charge >= 0.3 is 0 Å². The first-order valence-electron chi connectivity index (χ1n) is 5.90. The van der Waals surface area contributed by atoms with Crippen LogP contribution in [0.5, 0.6) is 0 Å². The molecular formula is C14H12Cl2N2OS. The number of carbonyl (C=O) groups excluding carboxylic acids is 1. The molecule has 0 aliphatic rings. The van der Waals surface area contributed by atoms with Gasteiger partial charge in [-0.25, -0.2) is 4.98 Å². The Morgan fingerprint density at radius 2 is 2.10 bits per heavy atom. The molecule has 1 aromatic carbocycles. The van der Waals surface area contributed by atoms with Crippen molar-refractivity contribution in [1.82, 2.24) is 4.98 Å². The van der Waals surface area contributed by atoms with Gasteiger partial charge in [-0.05, 0) is 37.3 Å². The van der Waals surface area contributed by atoms with E-state index in [1.807, 2.05) is 25.1 Å². The van der Waals surface area contributed by atoms with Crippen LogP contribution in [0.3, 0.4) is 0 Å². The zero-order valence-electron chi connectivity index (χ0n) is 10.6. The average molecular weight is 327 g/mol. The second-order valence-corrected chi connectivity index (χ2v) is 6.25. The third kappa shape index (κ3) is 4.13. The van der Waals surface area contributed by atoms with Crippen molar-refractivity contribution in [3.63, 3.8) is 0 Å². The van der Waals surface area contributed by atoms with Crippen LogP contribution < -0.4 is 5.32 Å². The molecule has 20 heavy (non-hydrogen) atoms. The van der Waals surface area contributed by atoms with Gasteiger partial charge < -0.3 is 5.32 Å². The van der Waals surface area contributed by atoms with Crippen LogP contribution in [0.2, 0.25) is 10.0 Å². The zero-order chi connectivity index (χ0) is 14.5. The molecule has 1 heterocycles. The molecule has 0 fully saturated rings. The van der Waals surface area contributed by atoms with Crippen LogP contribution in [0.25, 0.3) is 0 Å². The molecule has 1 atom stereocenters. The van der Waals surface area contributed by atoms with Gasteiger partial charge in [0.15, 0.2) is 0 Å². The normalized spacial score (nSPS) is 11.9. The van der Waals surface area contributed by atoms with E-state index in [0.717, 1.165) is 5.03 Å². The molecule has 1 amide bonds. The van der Waals surface area contributed by atoms with Gasteiger partial charge in [0, 0.05) is 11.2 Å². The summed E-state index contributed by atoms with van der Waals surface area (Å²) in [5, 5.41) is 4.25. The summed E-state index contributed by atoms with van der Waals surface area (Å²) in [4.78, 5) is 16.3. The van der Waals surface area contributed by atoms with Gasteiger partial charge in [-0.2, -0.15) is 0 Å². The maximum atomic E-state index is 12.1. The molecule has 2 rings (SSSR count). The summed E-state index contributed by atoms with van der Waals surface area (Å²) in [5.41, 5.74) is 0.550. The molecule has 2 aromatic rings. The maximum absolute atomic E-state index is 12.1. The van der Waals surface area contributed by atoms with Crippen LogP contribution in [0.4, 0.5) is 5.69 Å². The van der Waals surface area contributed by atoms with Crippen LogP contribution in [0, 0.1) is 0 Å². The Labute approximate surface area is 131 Å². The van der Waals surface area contributed by atoms with Gasteiger partial charge in [0.1, 0.15) is 0 Å². The molecule has 1 unspecified atom stereocenters. The van der Waals surface area contributed by atoms with Crippen LogP contribution in [0.1, 0.15) is 6.92 Å². The monoisotopic (exact) mass is 326 g/mol. The predicted octanol–water partition coefficient (Wildman–Crippen LogP) is 4.51. The number of aromatic nitrogens is 1. The molecular weight excluding hydrogens is 315 g/mol. The summed E-state index contributed by atoms with van der Waals surface area (Å²) in [6, 6.07) is 10.5. The van der Waals surface area contributed by atoms with Gasteiger partial charge in [0.25, 0.3) is 0 Å². The van der Waals surface area contributed by atoms with Crippen molar-refractivity contribution in [2.75, 3.05) is 5.32 Å². The standard InChI is InChI=1S/C14H12Cl2N2OS/c1-9(20-13-4-2-3-7-17-13)14(19)18-12-6-5-10(15)8-11(12)16/h2-9H,1H3,(H,18,19). The predicted molar refractivity (Wildman–Crippen MR) is 84.6 cm³/mol. The molecule has 0 bridgehead atoms. The third-order valence-corrected chi connectivity index (χ3v) is 4.09.